The molecule has 0 aliphatic heterocycles. The van der Waals surface area contributed by atoms with Crippen LogP contribution < -0.4 is 56.5 Å². The van der Waals surface area contributed by atoms with E-state index in [0.29, 0.717) is 6.42 Å². The molecule has 1 rings (SSSR count). The predicted molar refractivity (Wildman–Crippen MR) is 50.9 cm³/mol. The summed E-state index contributed by atoms with van der Waals surface area (Å²) in [5.41, 5.74) is -0.522. The normalized spacial score (nSPS) is 10.6. The van der Waals surface area contributed by atoms with Crippen LogP contribution in [-0.4, -0.2) is 25.1 Å². The zero-order valence-electron chi connectivity index (χ0n) is 9.13. The number of carboxylic acid groups (broad SMARTS) is 1. The molecule has 0 aromatic carbocycles. The molecule has 1 aromatic heterocycles. The van der Waals surface area contributed by atoms with Crippen molar-refractivity contribution in [2.75, 3.05) is 5.75 Å². The van der Waals surface area contributed by atoms with Gasteiger partial charge in [0.15, 0.2) is 9.84 Å². The van der Waals surface area contributed by atoms with Gasteiger partial charge in [-0.3, -0.25) is 4.98 Å². The Balaban J connectivity index is 0.00000225. The van der Waals surface area contributed by atoms with Crippen molar-refractivity contribution in [1.29, 1.82) is 0 Å². The molecule has 82 valence electrons. The van der Waals surface area contributed by atoms with Gasteiger partial charge in [0.2, 0.25) is 0 Å². The van der Waals surface area contributed by atoms with Crippen LogP contribution in [0.25, 0.3) is 0 Å². The first-order valence-electron chi connectivity index (χ1n) is 4.38. The molecule has 0 unspecified atom stereocenters. The molecule has 0 spiro atoms. The number of pyridine rings is 1. The number of carbonyl (C=O) groups excluding carboxylic acids is 1. The third-order valence-electron chi connectivity index (χ3n) is 1.77. The van der Waals surface area contributed by atoms with E-state index in [1.807, 2.05) is 0 Å². The molecule has 0 radical (unpaired) electrons. The average molecular weight is 267 g/mol. The van der Waals surface area contributed by atoms with E-state index in [9.17, 15) is 18.3 Å². The zero-order chi connectivity index (χ0) is 11.5. The van der Waals surface area contributed by atoms with Crippen molar-refractivity contribution in [3.63, 3.8) is 0 Å². The molecule has 0 saturated carbocycles. The molecule has 1 heterocycles. The van der Waals surface area contributed by atoms with Gasteiger partial charge in [-0.15, -0.1) is 0 Å². The minimum atomic E-state index is -3.57. The van der Waals surface area contributed by atoms with Crippen LogP contribution in [0.5, 0.6) is 0 Å². The van der Waals surface area contributed by atoms with E-state index in [1.165, 1.54) is 18.3 Å². The summed E-state index contributed by atoms with van der Waals surface area (Å²) in [5, 5.41) is 10.6. The largest absolute Gasteiger partial charge is 1.00 e. The third-order valence-corrected chi connectivity index (χ3v) is 3.72. The standard InChI is InChI=1S/C9H11NO4S.K/c1-2-6-15(13,14)7-4-3-5-10-8(7)9(11)12;/h3-5H,2,6H2,1H3,(H,11,12);/q;+1/p-1. The number of carboxylic acids is 1. The van der Waals surface area contributed by atoms with Crippen LogP contribution in [0.15, 0.2) is 23.2 Å². The maximum atomic E-state index is 11.6. The molecule has 0 amide bonds. The van der Waals surface area contributed by atoms with E-state index >= 15 is 0 Å². The van der Waals surface area contributed by atoms with Gasteiger partial charge in [-0.05, 0) is 18.6 Å². The van der Waals surface area contributed by atoms with E-state index in [4.69, 9.17) is 0 Å². The predicted octanol–water partition coefficient (Wildman–Crippen LogP) is -3.37. The summed E-state index contributed by atoms with van der Waals surface area (Å²) in [6.07, 6.45) is 1.64. The molecule has 0 saturated heterocycles. The van der Waals surface area contributed by atoms with E-state index in [1.54, 1.807) is 6.92 Å². The number of nitrogens with zero attached hydrogens (tertiary/aromatic N) is 1. The first kappa shape index (κ1) is 16.2. The fourth-order valence-corrected chi connectivity index (χ4v) is 2.65. The molecule has 0 fully saturated rings. The second-order valence-electron chi connectivity index (χ2n) is 2.96. The van der Waals surface area contributed by atoms with Gasteiger partial charge in [-0.25, -0.2) is 8.42 Å². The average Bonchev–Trinajstić information content (AvgIpc) is 2.17. The van der Waals surface area contributed by atoms with Gasteiger partial charge in [-0.2, -0.15) is 0 Å². The van der Waals surface area contributed by atoms with Crippen molar-refractivity contribution in [2.24, 2.45) is 0 Å². The number of hydrogen-bond acceptors (Lipinski definition) is 5. The Morgan fingerprint density at radius 3 is 2.62 bits per heavy atom. The van der Waals surface area contributed by atoms with Crippen LogP contribution in [0.2, 0.25) is 0 Å². The van der Waals surface area contributed by atoms with Crippen molar-refractivity contribution in [3.8, 4) is 0 Å². The second kappa shape index (κ2) is 6.82. The molecule has 0 bridgehead atoms. The van der Waals surface area contributed by atoms with Gasteiger partial charge in [0.05, 0.1) is 16.6 Å². The molecular formula is C9H10KNO4S. The molecule has 0 aliphatic carbocycles. The Hall–Kier alpha value is 0.206. The van der Waals surface area contributed by atoms with Crippen molar-refractivity contribution < 1.29 is 69.7 Å². The van der Waals surface area contributed by atoms with E-state index in [2.05, 4.69) is 4.98 Å². The van der Waals surface area contributed by atoms with Crippen molar-refractivity contribution in [1.82, 2.24) is 4.98 Å². The van der Waals surface area contributed by atoms with Gasteiger partial charge < -0.3 is 9.90 Å². The Bertz CT molecular complexity index is 472. The van der Waals surface area contributed by atoms with Crippen LogP contribution in [0.3, 0.4) is 0 Å². The molecular weight excluding hydrogens is 257 g/mol. The van der Waals surface area contributed by atoms with Gasteiger partial charge >= 0.3 is 51.4 Å². The molecule has 1 aromatic rings. The minimum absolute atomic E-state index is 0. The fraction of sp³-hybridized carbons (Fsp3) is 0.333. The monoisotopic (exact) mass is 267 g/mol. The SMILES string of the molecule is CCCS(=O)(=O)c1cccnc1C(=O)[O-].[K+]. The molecule has 0 aliphatic rings. The van der Waals surface area contributed by atoms with Crippen LogP contribution in [0.4, 0.5) is 0 Å². The summed E-state index contributed by atoms with van der Waals surface area (Å²) in [6.45, 7) is 1.70. The molecule has 16 heavy (non-hydrogen) atoms. The smallest absolute Gasteiger partial charge is 0.543 e. The van der Waals surface area contributed by atoms with Gasteiger partial charge in [0.1, 0.15) is 5.69 Å². The Morgan fingerprint density at radius 1 is 1.50 bits per heavy atom. The first-order valence-corrected chi connectivity index (χ1v) is 6.03. The molecule has 0 atom stereocenters. The van der Waals surface area contributed by atoms with Crippen molar-refractivity contribution in [3.05, 3.63) is 24.0 Å². The van der Waals surface area contributed by atoms with Crippen LogP contribution >= 0.6 is 0 Å². The van der Waals surface area contributed by atoms with Gasteiger partial charge in [0, 0.05) is 6.20 Å². The quantitative estimate of drug-likeness (QED) is 0.532. The fourth-order valence-electron chi connectivity index (χ4n) is 1.17. The van der Waals surface area contributed by atoms with Crippen molar-refractivity contribution in [2.45, 2.75) is 18.2 Å². The number of carbonyl (C=O) groups is 1. The van der Waals surface area contributed by atoms with E-state index in [-0.39, 0.29) is 62.0 Å². The summed E-state index contributed by atoms with van der Waals surface area (Å²) in [5.74, 6) is -1.68. The molecule has 7 heteroatoms. The van der Waals surface area contributed by atoms with E-state index < -0.39 is 21.5 Å². The van der Waals surface area contributed by atoms with E-state index in [0.717, 1.165) is 0 Å². The number of aromatic nitrogens is 1. The number of rotatable bonds is 4. The molecule has 0 N–H and O–H groups in total. The second-order valence-corrected chi connectivity index (χ2v) is 5.03. The Kier molecular flexibility index (Phi) is 6.91. The van der Waals surface area contributed by atoms with Crippen LogP contribution in [0.1, 0.15) is 23.8 Å². The summed E-state index contributed by atoms with van der Waals surface area (Å²) < 4.78 is 23.3. The topological polar surface area (TPSA) is 87.2 Å². The first-order chi connectivity index (χ1) is 6.99. The summed E-state index contributed by atoms with van der Waals surface area (Å²) >= 11 is 0. The summed E-state index contributed by atoms with van der Waals surface area (Å²) in [6, 6.07) is 2.61. The summed E-state index contributed by atoms with van der Waals surface area (Å²) in [7, 11) is -3.57. The number of aromatic carboxylic acids is 1. The number of hydrogen-bond donors (Lipinski definition) is 0. The maximum Gasteiger partial charge on any atom is 1.00 e. The maximum absolute atomic E-state index is 11.6. The zero-order valence-corrected chi connectivity index (χ0v) is 13.1. The number of sulfone groups is 1. The van der Waals surface area contributed by atoms with Crippen LogP contribution in [-0.2, 0) is 9.84 Å². The summed E-state index contributed by atoms with van der Waals surface area (Å²) in [4.78, 5) is 13.8. The van der Waals surface area contributed by atoms with Gasteiger partial charge in [-0.1, -0.05) is 6.92 Å². The molecule has 5 nitrogen and oxygen atoms in total. The van der Waals surface area contributed by atoms with Crippen LogP contribution in [0, 0.1) is 0 Å². The van der Waals surface area contributed by atoms with Gasteiger partial charge in [0.25, 0.3) is 0 Å². The third kappa shape index (κ3) is 3.90. The van der Waals surface area contributed by atoms with Crippen molar-refractivity contribution >= 4 is 15.8 Å². The Labute approximate surface area is 137 Å². The minimum Gasteiger partial charge on any atom is -0.543 e. The Morgan fingerprint density at radius 2 is 2.12 bits per heavy atom.